The molecule has 2 aromatic rings. The molecule has 1 aliphatic rings. The predicted molar refractivity (Wildman–Crippen MR) is 85.6 cm³/mol. The first-order valence-electron chi connectivity index (χ1n) is 6.92. The van der Waals surface area contributed by atoms with E-state index < -0.39 is 4.92 Å². The van der Waals surface area contributed by atoms with Crippen molar-refractivity contribution in [1.29, 1.82) is 0 Å². The van der Waals surface area contributed by atoms with Crippen molar-refractivity contribution in [2.24, 2.45) is 0 Å². The smallest absolute Gasteiger partial charge is 0.324 e. The van der Waals surface area contributed by atoms with Crippen molar-refractivity contribution in [1.82, 2.24) is 5.32 Å². The van der Waals surface area contributed by atoms with Gasteiger partial charge in [0.2, 0.25) is 5.91 Å². The minimum absolute atomic E-state index is 0.0419. The standard InChI is InChI=1S/C15H13N3O4S/c1-8(9-2-3-11-10(6-9)7-13(19)17-11)16-15(20)12-4-5-14(23-12)18(21)22/h2-6,8H,7H2,1H3,(H,16,20)(H,17,19)/t8-/m0/s1. The number of nitrogens with one attached hydrogen (secondary N) is 2. The summed E-state index contributed by atoms with van der Waals surface area (Å²) < 4.78 is 0. The van der Waals surface area contributed by atoms with E-state index in [9.17, 15) is 19.7 Å². The van der Waals surface area contributed by atoms with Crippen LogP contribution in [0, 0.1) is 10.1 Å². The highest BCUT2D eigenvalue weighted by molar-refractivity contribution is 7.17. The molecule has 0 unspecified atom stereocenters. The summed E-state index contributed by atoms with van der Waals surface area (Å²) in [6.07, 6.45) is 0.334. The molecule has 1 aromatic carbocycles. The van der Waals surface area contributed by atoms with Crippen molar-refractivity contribution in [3.8, 4) is 0 Å². The number of nitrogens with zero attached hydrogens (tertiary/aromatic N) is 1. The Hall–Kier alpha value is -2.74. The molecule has 118 valence electrons. The van der Waals surface area contributed by atoms with Crippen LogP contribution in [0.2, 0.25) is 0 Å². The lowest BCUT2D eigenvalue weighted by Gasteiger charge is -2.14. The van der Waals surface area contributed by atoms with Crippen LogP contribution in [0.25, 0.3) is 0 Å². The summed E-state index contributed by atoms with van der Waals surface area (Å²) in [5.41, 5.74) is 2.58. The zero-order valence-corrected chi connectivity index (χ0v) is 13.0. The van der Waals surface area contributed by atoms with E-state index in [1.807, 2.05) is 25.1 Å². The Morgan fingerprint density at radius 2 is 2.17 bits per heavy atom. The van der Waals surface area contributed by atoms with E-state index in [0.717, 1.165) is 28.2 Å². The number of carbonyl (C=O) groups is 2. The molecule has 0 fully saturated rings. The molecular weight excluding hydrogens is 318 g/mol. The molecule has 0 spiro atoms. The summed E-state index contributed by atoms with van der Waals surface area (Å²) in [6, 6.07) is 8.02. The molecule has 8 heteroatoms. The minimum Gasteiger partial charge on any atom is -0.345 e. The van der Waals surface area contributed by atoms with Crippen molar-refractivity contribution >= 4 is 33.8 Å². The number of rotatable bonds is 4. The quantitative estimate of drug-likeness (QED) is 0.664. The number of thiophene rings is 1. The summed E-state index contributed by atoms with van der Waals surface area (Å²) in [5.74, 6) is -0.398. The lowest BCUT2D eigenvalue weighted by atomic mass is 10.0. The molecule has 2 amide bonds. The number of hydrogen-bond acceptors (Lipinski definition) is 5. The van der Waals surface area contributed by atoms with Gasteiger partial charge in [0.25, 0.3) is 5.91 Å². The fraction of sp³-hybridized carbons (Fsp3) is 0.200. The van der Waals surface area contributed by atoms with E-state index in [1.54, 1.807) is 0 Å². The van der Waals surface area contributed by atoms with Crippen molar-refractivity contribution in [3.05, 3.63) is 56.5 Å². The maximum absolute atomic E-state index is 12.2. The highest BCUT2D eigenvalue weighted by Crippen LogP contribution is 2.27. The fourth-order valence-corrected chi connectivity index (χ4v) is 3.14. The maximum Gasteiger partial charge on any atom is 0.324 e. The molecular formula is C15H13N3O4S. The molecule has 0 aliphatic carbocycles. The highest BCUT2D eigenvalue weighted by atomic mass is 32.1. The second-order valence-electron chi connectivity index (χ2n) is 5.23. The molecule has 2 N–H and O–H groups in total. The van der Waals surface area contributed by atoms with Gasteiger partial charge >= 0.3 is 5.00 Å². The van der Waals surface area contributed by atoms with Gasteiger partial charge in [-0.3, -0.25) is 19.7 Å². The van der Waals surface area contributed by atoms with Crippen LogP contribution in [0.4, 0.5) is 10.7 Å². The van der Waals surface area contributed by atoms with Crippen molar-refractivity contribution in [2.45, 2.75) is 19.4 Å². The molecule has 3 rings (SSSR count). The molecule has 0 saturated heterocycles. The van der Waals surface area contributed by atoms with Crippen molar-refractivity contribution < 1.29 is 14.5 Å². The van der Waals surface area contributed by atoms with Gasteiger partial charge in [-0.15, -0.1) is 0 Å². The Morgan fingerprint density at radius 3 is 2.87 bits per heavy atom. The van der Waals surface area contributed by atoms with Gasteiger partial charge in [-0.25, -0.2) is 0 Å². The third-order valence-corrected chi connectivity index (χ3v) is 4.63. The number of anilines is 1. The molecule has 0 saturated carbocycles. The zero-order chi connectivity index (χ0) is 16.6. The summed E-state index contributed by atoms with van der Waals surface area (Å²) >= 11 is 0.841. The number of benzene rings is 1. The van der Waals surface area contributed by atoms with Crippen LogP contribution in [-0.2, 0) is 11.2 Å². The summed E-state index contributed by atoms with van der Waals surface area (Å²) in [6.45, 7) is 1.83. The van der Waals surface area contributed by atoms with E-state index in [1.165, 1.54) is 12.1 Å². The van der Waals surface area contributed by atoms with Crippen LogP contribution in [0.1, 0.15) is 33.8 Å². The fourth-order valence-electron chi connectivity index (χ4n) is 2.42. The molecule has 1 aliphatic heterocycles. The van der Waals surface area contributed by atoms with Crippen LogP contribution >= 0.6 is 11.3 Å². The van der Waals surface area contributed by atoms with Crippen LogP contribution in [-0.4, -0.2) is 16.7 Å². The Kier molecular flexibility index (Phi) is 3.83. The number of amides is 2. The third kappa shape index (κ3) is 3.07. The van der Waals surface area contributed by atoms with E-state index in [4.69, 9.17) is 0 Å². The van der Waals surface area contributed by atoms with Crippen LogP contribution in [0.3, 0.4) is 0 Å². The first kappa shape index (κ1) is 15.2. The average molecular weight is 331 g/mol. The first-order chi connectivity index (χ1) is 10.9. The molecule has 7 nitrogen and oxygen atoms in total. The Bertz CT molecular complexity index is 815. The van der Waals surface area contributed by atoms with Crippen molar-refractivity contribution in [2.75, 3.05) is 5.32 Å². The SMILES string of the molecule is C[C@H](NC(=O)c1ccc([N+](=O)[O-])s1)c1ccc2c(c1)CC(=O)N2. The first-order valence-corrected chi connectivity index (χ1v) is 7.73. The summed E-state index contributed by atoms with van der Waals surface area (Å²) in [4.78, 5) is 34.0. The zero-order valence-electron chi connectivity index (χ0n) is 12.2. The van der Waals surface area contributed by atoms with Crippen LogP contribution in [0.15, 0.2) is 30.3 Å². The topological polar surface area (TPSA) is 101 Å². The number of fused-ring (bicyclic) bond motifs is 1. The second-order valence-corrected chi connectivity index (χ2v) is 6.29. The van der Waals surface area contributed by atoms with Gasteiger partial charge < -0.3 is 10.6 Å². The van der Waals surface area contributed by atoms with Gasteiger partial charge in [-0.1, -0.05) is 23.5 Å². The van der Waals surface area contributed by atoms with Crippen LogP contribution < -0.4 is 10.6 Å². The van der Waals surface area contributed by atoms with E-state index in [-0.39, 0.29) is 22.9 Å². The number of carbonyl (C=O) groups excluding carboxylic acids is 2. The average Bonchev–Trinajstić information content (AvgIpc) is 3.11. The molecule has 0 bridgehead atoms. The summed E-state index contributed by atoms with van der Waals surface area (Å²) in [5, 5.41) is 16.2. The highest BCUT2D eigenvalue weighted by Gasteiger charge is 2.21. The molecule has 2 heterocycles. The molecule has 23 heavy (non-hydrogen) atoms. The lowest BCUT2D eigenvalue weighted by Crippen LogP contribution is -2.25. The largest absolute Gasteiger partial charge is 0.345 e. The maximum atomic E-state index is 12.2. The van der Waals surface area contributed by atoms with Gasteiger partial charge in [0, 0.05) is 11.8 Å². The van der Waals surface area contributed by atoms with Gasteiger partial charge in [-0.05, 0) is 30.2 Å². The normalized spacial score (nSPS) is 14.0. The van der Waals surface area contributed by atoms with Gasteiger partial charge in [0.05, 0.1) is 22.3 Å². The lowest BCUT2D eigenvalue weighted by molar-refractivity contribution is -0.380. The van der Waals surface area contributed by atoms with E-state index in [2.05, 4.69) is 10.6 Å². The Labute approximate surface area is 135 Å². The third-order valence-electron chi connectivity index (χ3n) is 3.60. The molecule has 0 radical (unpaired) electrons. The number of nitro groups is 1. The van der Waals surface area contributed by atoms with E-state index >= 15 is 0 Å². The monoisotopic (exact) mass is 331 g/mol. The second kappa shape index (κ2) is 5.81. The predicted octanol–water partition coefficient (Wildman–Crippen LogP) is 2.64. The molecule has 1 atom stereocenters. The number of hydrogen-bond donors (Lipinski definition) is 2. The van der Waals surface area contributed by atoms with E-state index in [0.29, 0.717) is 11.3 Å². The summed E-state index contributed by atoms with van der Waals surface area (Å²) in [7, 11) is 0. The van der Waals surface area contributed by atoms with Gasteiger partial charge in [0.1, 0.15) is 0 Å². The van der Waals surface area contributed by atoms with Crippen molar-refractivity contribution in [3.63, 3.8) is 0 Å². The van der Waals surface area contributed by atoms with Gasteiger partial charge in [0.15, 0.2) is 0 Å². The van der Waals surface area contributed by atoms with Gasteiger partial charge in [-0.2, -0.15) is 0 Å². The Balaban J connectivity index is 1.72. The molecule has 1 aromatic heterocycles. The minimum atomic E-state index is -0.518. The Morgan fingerprint density at radius 1 is 1.39 bits per heavy atom. The van der Waals surface area contributed by atoms with Crippen LogP contribution in [0.5, 0.6) is 0 Å².